The summed E-state index contributed by atoms with van der Waals surface area (Å²) in [6, 6.07) is 0.346. The van der Waals surface area contributed by atoms with Crippen molar-refractivity contribution in [2.45, 2.75) is 25.8 Å². The van der Waals surface area contributed by atoms with Gasteiger partial charge in [-0.05, 0) is 25.7 Å². The lowest BCUT2D eigenvalue weighted by molar-refractivity contribution is 0.124. The van der Waals surface area contributed by atoms with Crippen molar-refractivity contribution in [3.63, 3.8) is 0 Å². The van der Waals surface area contributed by atoms with Crippen LogP contribution in [0.2, 0.25) is 0 Å². The molecule has 0 radical (unpaired) electrons. The number of hydrogen-bond donors (Lipinski definition) is 1. The molecule has 4 heteroatoms. The molecule has 0 unspecified atom stereocenters. The van der Waals surface area contributed by atoms with E-state index in [9.17, 15) is 0 Å². The van der Waals surface area contributed by atoms with E-state index in [2.05, 4.69) is 17.3 Å². The second-order valence-electron chi connectivity index (χ2n) is 4.64. The molecule has 1 aromatic rings. The Morgan fingerprint density at radius 3 is 3.06 bits per heavy atom. The van der Waals surface area contributed by atoms with Crippen molar-refractivity contribution in [1.82, 2.24) is 15.1 Å². The maximum absolute atomic E-state index is 5.57. The molecular weight excluding hydrogens is 202 g/mol. The Balaban J connectivity index is 1.57. The Labute approximate surface area is 97.0 Å². The molecule has 1 aliphatic rings. The zero-order chi connectivity index (χ0) is 11.4. The number of aromatic nitrogens is 2. The second kappa shape index (κ2) is 5.46. The second-order valence-corrected chi connectivity index (χ2v) is 4.64. The van der Waals surface area contributed by atoms with Gasteiger partial charge >= 0.3 is 0 Å². The summed E-state index contributed by atoms with van der Waals surface area (Å²) in [7, 11) is 1.94. The molecule has 2 rings (SSSR count). The van der Waals surface area contributed by atoms with Crippen LogP contribution in [0.1, 0.15) is 31.4 Å². The quantitative estimate of drug-likeness (QED) is 0.712. The van der Waals surface area contributed by atoms with E-state index in [-0.39, 0.29) is 0 Å². The van der Waals surface area contributed by atoms with Gasteiger partial charge in [0.05, 0.1) is 12.8 Å². The summed E-state index contributed by atoms with van der Waals surface area (Å²) < 4.78 is 7.40. The highest BCUT2D eigenvalue weighted by Crippen LogP contribution is 2.28. The topological polar surface area (TPSA) is 39.1 Å². The predicted molar refractivity (Wildman–Crippen MR) is 63.2 cm³/mol. The van der Waals surface area contributed by atoms with Crippen molar-refractivity contribution in [2.75, 3.05) is 19.8 Å². The minimum atomic E-state index is 0.346. The lowest BCUT2D eigenvalue weighted by Crippen LogP contribution is -2.23. The number of aryl methyl sites for hydroxylation is 1. The van der Waals surface area contributed by atoms with Gasteiger partial charge in [0.1, 0.15) is 0 Å². The van der Waals surface area contributed by atoms with E-state index < -0.39 is 0 Å². The van der Waals surface area contributed by atoms with Gasteiger partial charge in [0.2, 0.25) is 0 Å². The molecule has 1 aromatic heterocycles. The molecule has 0 aliphatic heterocycles. The van der Waals surface area contributed by atoms with E-state index in [0.717, 1.165) is 25.7 Å². The Morgan fingerprint density at radius 2 is 2.44 bits per heavy atom. The van der Waals surface area contributed by atoms with E-state index in [4.69, 9.17) is 4.74 Å². The van der Waals surface area contributed by atoms with E-state index in [1.807, 2.05) is 24.1 Å². The Kier molecular flexibility index (Phi) is 3.96. The van der Waals surface area contributed by atoms with Crippen LogP contribution in [0.4, 0.5) is 0 Å². The normalized spacial score (nSPS) is 17.6. The average Bonchev–Trinajstić information content (AvgIpc) is 2.99. The van der Waals surface area contributed by atoms with Crippen molar-refractivity contribution < 1.29 is 4.74 Å². The summed E-state index contributed by atoms with van der Waals surface area (Å²) in [4.78, 5) is 0. The fourth-order valence-electron chi connectivity index (χ4n) is 1.66. The van der Waals surface area contributed by atoms with Crippen molar-refractivity contribution in [2.24, 2.45) is 13.0 Å². The summed E-state index contributed by atoms with van der Waals surface area (Å²) in [6.07, 6.45) is 6.67. The van der Waals surface area contributed by atoms with Gasteiger partial charge in [-0.2, -0.15) is 5.10 Å². The van der Waals surface area contributed by atoms with Crippen molar-refractivity contribution in [3.8, 4) is 0 Å². The van der Waals surface area contributed by atoms with E-state index >= 15 is 0 Å². The van der Waals surface area contributed by atoms with Gasteiger partial charge in [0, 0.05) is 38.0 Å². The van der Waals surface area contributed by atoms with Crippen LogP contribution in [-0.2, 0) is 11.8 Å². The predicted octanol–water partition coefficient (Wildman–Crippen LogP) is 1.50. The Morgan fingerprint density at radius 1 is 1.62 bits per heavy atom. The van der Waals surface area contributed by atoms with Crippen LogP contribution in [0.25, 0.3) is 0 Å². The molecule has 4 nitrogen and oxygen atoms in total. The summed E-state index contributed by atoms with van der Waals surface area (Å²) in [5.74, 6) is 0.857. The van der Waals surface area contributed by atoms with E-state index in [1.54, 1.807) is 0 Å². The number of ether oxygens (including phenoxy) is 1. The average molecular weight is 223 g/mol. The van der Waals surface area contributed by atoms with E-state index in [0.29, 0.717) is 6.04 Å². The first-order valence-electron chi connectivity index (χ1n) is 6.05. The van der Waals surface area contributed by atoms with Crippen molar-refractivity contribution >= 4 is 0 Å². The third kappa shape index (κ3) is 3.61. The summed E-state index contributed by atoms with van der Waals surface area (Å²) in [6.45, 7) is 4.81. The number of hydrogen-bond acceptors (Lipinski definition) is 3. The summed E-state index contributed by atoms with van der Waals surface area (Å²) in [5, 5.41) is 7.59. The maximum Gasteiger partial charge on any atom is 0.0591 e. The molecular formula is C12H21N3O. The molecule has 1 fully saturated rings. The lowest BCUT2D eigenvalue weighted by Gasteiger charge is -2.11. The van der Waals surface area contributed by atoms with Crippen LogP contribution in [0.3, 0.4) is 0 Å². The van der Waals surface area contributed by atoms with Gasteiger partial charge in [-0.15, -0.1) is 0 Å². The van der Waals surface area contributed by atoms with Crippen LogP contribution < -0.4 is 5.32 Å². The van der Waals surface area contributed by atoms with Gasteiger partial charge in [0.25, 0.3) is 0 Å². The first kappa shape index (κ1) is 11.6. The highest BCUT2D eigenvalue weighted by atomic mass is 16.5. The van der Waals surface area contributed by atoms with Gasteiger partial charge in [0.15, 0.2) is 0 Å². The largest absolute Gasteiger partial charge is 0.380 e. The molecule has 0 amide bonds. The molecule has 1 N–H and O–H groups in total. The van der Waals surface area contributed by atoms with Crippen LogP contribution in [0.5, 0.6) is 0 Å². The maximum atomic E-state index is 5.57. The fourth-order valence-corrected chi connectivity index (χ4v) is 1.66. The first-order chi connectivity index (χ1) is 7.75. The Bertz CT molecular complexity index is 320. The SMILES string of the molecule is C[C@@H](NCCOCC1CC1)c1cnn(C)c1. The number of nitrogens with one attached hydrogen (secondary N) is 1. The lowest BCUT2D eigenvalue weighted by atomic mass is 10.2. The molecule has 0 spiro atoms. The first-order valence-corrected chi connectivity index (χ1v) is 6.05. The number of rotatable bonds is 7. The molecule has 0 bridgehead atoms. The smallest absolute Gasteiger partial charge is 0.0591 e. The van der Waals surface area contributed by atoms with Gasteiger partial charge in [-0.25, -0.2) is 0 Å². The van der Waals surface area contributed by atoms with Crippen LogP contribution in [0, 0.1) is 5.92 Å². The van der Waals surface area contributed by atoms with E-state index in [1.165, 1.54) is 18.4 Å². The third-order valence-electron chi connectivity index (χ3n) is 2.97. The zero-order valence-corrected chi connectivity index (χ0v) is 10.1. The molecule has 1 aliphatic carbocycles. The minimum absolute atomic E-state index is 0.346. The molecule has 0 aromatic carbocycles. The molecule has 1 heterocycles. The Hall–Kier alpha value is -0.870. The molecule has 90 valence electrons. The highest BCUT2D eigenvalue weighted by molar-refractivity contribution is 5.08. The van der Waals surface area contributed by atoms with Gasteiger partial charge in [-0.3, -0.25) is 4.68 Å². The molecule has 16 heavy (non-hydrogen) atoms. The molecule has 0 saturated heterocycles. The van der Waals surface area contributed by atoms with Crippen molar-refractivity contribution in [3.05, 3.63) is 18.0 Å². The molecule has 1 atom stereocenters. The van der Waals surface area contributed by atoms with Crippen LogP contribution >= 0.6 is 0 Å². The third-order valence-corrected chi connectivity index (χ3v) is 2.97. The standard InChI is InChI=1S/C12H21N3O/c1-10(12-7-14-15(2)8-12)13-5-6-16-9-11-3-4-11/h7-8,10-11,13H,3-6,9H2,1-2H3/t10-/m1/s1. The molecule has 1 saturated carbocycles. The monoisotopic (exact) mass is 223 g/mol. The van der Waals surface area contributed by atoms with Crippen LogP contribution in [-0.4, -0.2) is 29.5 Å². The summed E-state index contributed by atoms with van der Waals surface area (Å²) >= 11 is 0. The summed E-state index contributed by atoms with van der Waals surface area (Å²) in [5.41, 5.74) is 1.23. The fraction of sp³-hybridized carbons (Fsp3) is 0.750. The highest BCUT2D eigenvalue weighted by Gasteiger charge is 2.20. The minimum Gasteiger partial charge on any atom is -0.380 e. The zero-order valence-electron chi connectivity index (χ0n) is 10.1. The van der Waals surface area contributed by atoms with Gasteiger partial charge in [-0.1, -0.05) is 0 Å². The van der Waals surface area contributed by atoms with Crippen LogP contribution in [0.15, 0.2) is 12.4 Å². The van der Waals surface area contributed by atoms with Gasteiger partial charge < -0.3 is 10.1 Å². The number of nitrogens with zero attached hydrogens (tertiary/aromatic N) is 2. The van der Waals surface area contributed by atoms with Crippen molar-refractivity contribution in [1.29, 1.82) is 0 Å².